The lowest BCUT2D eigenvalue weighted by molar-refractivity contribution is -0.142. The molecule has 2 aromatic rings. The van der Waals surface area contributed by atoms with E-state index in [1.807, 2.05) is 24.3 Å². The molecule has 1 fully saturated rings. The number of carboxylic acid groups (broad SMARTS) is 1. The minimum absolute atomic E-state index is 0.000525. The summed E-state index contributed by atoms with van der Waals surface area (Å²) in [5, 5.41) is 14.7. The first-order valence-electron chi connectivity index (χ1n) is 11.5. The van der Waals surface area contributed by atoms with Crippen molar-refractivity contribution < 1.29 is 24.2 Å². The van der Waals surface area contributed by atoms with Crippen molar-refractivity contribution >= 4 is 18.0 Å². The van der Waals surface area contributed by atoms with Gasteiger partial charge in [0.1, 0.15) is 12.6 Å². The first kappa shape index (κ1) is 23.4. The number of alkyl carbamates (subject to hydrolysis) is 1. The summed E-state index contributed by atoms with van der Waals surface area (Å²) in [7, 11) is 0. The van der Waals surface area contributed by atoms with E-state index in [4.69, 9.17) is 4.74 Å². The fraction of sp³-hybridized carbons (Fsp3) is 0.370. The quantitative estimate of drug-likeness (QED) is 0.520. The SMILES string of the molecule is CC#CCC(NC(=O)CC1(NC(=O)OCC2c3ccccc3-c3ccccc32)CCC1)C(=O)O. The number of carboxylic acids is 1. The van der Waals surface area contributed by atoms with Gasteiger partial charge in [0.05, 0.1) is 5.54 Å². The Morgan fingerprint density at radius 3 is 2.24 bits per heavy atom. The second-order valence-corrected chi connectivity index (χ2v) is 8.85. The van der Waals surface area contributed by atoms with Crippen LogP contribution in [0.4, 0.5) is 4.79 Å². The van der Waals surface area contributed by atoms with Crippen LogP contribution in [0.5, 0.6) is 0 Å². The van der Waals surface area contributed by atoms with Crippen LogP contribution < -0.4 is 10.6 Å². The van der Waals surface area contributed by atoms with Crippen LogP contribution in [0.15, 0.2) is 48.5 Å². The molecule has 4 rings (SSSR count). The summed E-state index contributed by atoms with van der Waals surface area (Å²) in [4.78, 5) is 36.6. The molecule has 0 bridgehead atoms. The van der Waals surface area contributed by atoms with Gasteiger partial charge in [-0.05, 0) is 48.4 Å². The number of ether oxygens (including phenoxy) is 1. The van der Waals surface area contributed by atoms with Crippen LogP contribution >= 0.6 is 0 Å². The average Bonchev–Trinajstić information content (AvgIpc) is 3.12. The molecule has 7 nitrogen and oxygen atoms in total. The van der Waals surface area contributed by atoms with Gasteiger partial charge in [-0.1, -0.05) is 48.5 Å². The molecule has 2 aliphatic carbocycles. The molecule has 2 aliphatic rings. The van der Waals surface area contributed by atoms with Crippen LogP contribution in [0.25, 0.3) is 11.1 Å². The molecular formula is C27H28N2O5. The van der Waals surface area contributed by atoms with Crippen LogP contribution in [0, 0.1) is 11.8 Å². The summed E-state index contributed by atoms with van der Waals surface area (Å²) >= 11 is 0. The number of fused-ring (bicyclic) bond motifs is 3. The topological polar surface area (TPSA) is 105 Å². The maximum absolute atomic E-state index is 12.7. The summed E-state index contributed by atoms with van der Waals surface area (Å²) in [5.41, 5.74) is 3.85. The highest BCUT2D eigenvalue weighted by molar-refractivity contribution is 5.85. The van der Waals surface area contributed by atoms with Crippen LogP contribution in [0.3, 0.4) is 0 Å². The van der Waals surface area contributed by atoms with E-state index in [0.717, 1.165) is 28.7 Å². The lowest BCUT2D eigenvalue weighted by Gasteiger charge is -2.41. The third-order valence-corrected chi connectivity index (χ3v) is 6.64. The van der Waals surface area contributed by atoms with Gasteiger partial charge in [-0.3, -0.25) is 4.79 Å². The van der Waals surface area contributed by atoms with E-state index in [9.17, 15) is 19.5 Å². The molecule has 1 atom stereocenters. The number of amides is 2. The zero-order valence-corrected chi connectivity index (χ0v) is 19.1. The van der Waals surface area contributed by atoms with Gasteiger partial charge < -0.3 is 20.5 Å². The number of carbonyl (C=O) groups is 3. The Labute approximate surface area is 198 Å². The normalized spacial score (nSPS) is 16.0. The van der Waals surface area contributed by atoms with Crippen molar-refractivity contribution in [1.82, 2.24) is 10.6 Å². The first-order chi connectivity index (χ1) is 16.4. The van der Waals surface area contributed by atoms with Gasteiger partial charge in [-0.15, -0.1) is 11.8 Å². The molecule has 3 N–H and O–H groups in total. The molecule has 34 heavy (non-hydrogen) atoms. The lowest BCUT2D eigenvalue weighted by atomic mass is 9.74. The molecule has 0 aliphatic heterocycles. The Kier molecular flexibility index (Phi) is 6.87. The highest BCUT2D eigenvalue weighted by Gasteiger charge is 2.41. The smallest absolute Gasteiger partial charge is 0.407 e. The molecule has 0 spiro atoms. The van der Waals surface area contributed by atoms with Crippen molar-refractivity contribution in [2.45, 2.75) is 56.5 Å². The maximum Gasteiger partial charge on any atom is 0.407 e. The molecular weight excluding hydrogens is 432 g/mol. The number of benzene rings is 2. The maximum atomic E-state index is 12.7. The van der Waals surface area contributed by atoms with Crippen molar-refractivity contribution in [3.63, 3.8) is 0 Å². The van der Waals surface area contributed by atoms with Crippen LogP contribution in [0.1, 0.15) is 56.1 Å². The number of aliphatic carboxylic acids is 1. The standard InChI is InChI=1S/C27H28N2O5/c1-2-3-13-23(25(31)32)28-24(30)16-27(14-8-15-27)29-26(33)34-17-22-20-11-6-4-9-18(20)19-10-5-7-12-21(19)22/h4-7,9-12,22-23H,8,13-17H2,1H3,(H,28,30)(H,29,33)(H,31,32). The van der Waals surface area contributed by atoms with E-state index in [1.165, 1.54) is 0 Å². The largest absolute Gasteiger partial charge is 0.480 e. The van der Waals surface area contributed by atoms with E-state index in [2.05, 4.69) is 46.7 Å². The van der Waals surface area contributed by atoms with Crippen molar-refractivity contribution in [3.8, 4) is 23.0 Å². The lowest BCUT2D eigenvalue weighted by Crippen LogP contribution is -2.57. The molecule has 0 radical (unpaired) electrons. The Hall–Kier alpha value is -3.79. The minimum Gasteiger partial charge on any atom is -0.480 e. The molecule has 0 heterocycles. The number of hydrogen-bond donors (Lipinski definition) is 3. The van der Waals surface area contributed by atoms with Gasteiger partial charge in [0.2, 0.25) is 5.91 Å². The minimum atomic E-state index is -1.14. The monoisotopic (exact) mass is 460 g/mol. The second kappa shape index (κ2) is 10.0. The predicted molar refractivity (Wildman–Crippen MR) is 127 cm³/mol. The van der Waals surface area contributed by atoms with Crippen LogP contribution in [-0.4, -0.2) is 41.3 Å². The van der Waals surface area contributed by atoms with Gasteiger partial charge in [-0.25, -0.2) is 9.59 Å². The Morgan fingerprint density at radius 1 is 1.09 bits per heavy atom. The summed E-state index contributed by atoms with van der Waals surface area (Å²) in [6, 6.07) is 15.2. The molecule has 0 aromatic heterocycles. The molecule has 1 unspecified atom stereocenters. The number of rotatable bonds is 8. The van der Waals surface area contributed by atoms with Gasteiger partial charge in [-0.2, -0.15) is 0 Å². The van der Waals surface area contributed by atoms with Crippen molar-refractivity contribution in [1.29, 1.82) is 0 Å². The van der Waals surface area contributed by atoms with Gasteiger partial charge in [0.25, 0.3) is 0 Å². The summed E-state index contributed by atoms with van der Waals surface area (Å²) < 4.78 is 5.63. The zero-order valence-electron chi connectivity index (χ0n) is 19.1. The molecule has 7 heteroatoms. The van der Waals surface area contributed by atoms with Gasteiger partial charge in [0, 0.05) is 18.8 Å². The summed E-state index contributed by atoms with van der Waals surface area (Å²) in [6.45, 7) is 1.81. The third kappa shape index (κ3) is 4.91. The molecule has 0 saturated heterocycles. The van der Waals surface area contributed by atoms with E-state index in [0.29, 0.717) is 12.8 Å². The number of carbonyl (C=O) groups excluding carboxylic acids is 2. The molecule has 2 aromatic carbocycles. The van der Waals surface area contributed by atoms with E-state index in [-0.39, 0.29) is 25.4 Å². The highest BCUT2D eigenvalue weighted by atomic mass is 16.5. The second-order valence-electron chi connectivity index (χ2n) is 8.85. The van der Waals surface area contributed by atoms with Gasteiger partial charge in [0.15, 0.2) is 0 Å². The molecule has 176 valence electrons. The van der Waals surface area contributed by atoms with E-state index < -0.39 is 29.6 Å². The Morgan fingerprint density at radius 2 is 1.71 bits per heavy atom. The first-order valence-corrected chi connectivity index (χ1v) is 11.5. The highest BCUT2D eigenvalue weighted by Crippen LogP contribution is 2.44. The molecule has 2 amide bonds. The van der Waals surface area contributed by atoms with E-state index in [1.54, 1.807) is 6.92 Å². The predicted octanol–water partition coefficient (Wildman–Crippen LogP) is 3.82. The Balaban J connectivity index is 1.36. The Bertz CT molecular complexity index is 1110. The van der Waals surface area contributed by atoms with Gasteiger partial charge >= 0.3 is 12.1 Å². The molecule has 1 saturated carbocycles. The fourth-order valence-electron chi connectivity index (χ4n) is 4.76. The zero-order chi connectivity index (χ0) is 24.1. The van der Waals surface area contributed by atoms with Crippen molar-refractivity contribution in [2.24, 2.45) is 0 Å². The van der Waals surface area contributed by atoms with E-state index >= 15 is 0 Å². The van der Waals surface area contributed by atoms with Crippen LogP contribution in [0.2, 0.25) is 0 Å². The summed E-state index contributed by atoms with van der Waals surface area (Å²) in [6.07, 6.45) is 1.61. The fourth-order valence-corrected chi connectivity index (χ4v) is 4.76. The van der Waals surface area contributed by atoms with Crippen molar-refractivity contribution in [3.05, 3.63) is 59.7 Å². The number of nitrogens with one attached hydrogen (secondary N) is 2. The summed E-state index contributed by atoms with van der Waals surface area (Å²) in [5.74, 6) is 3.71. The number of hydrogen-bond acceptors (Lipinski definition) is 4. The average molecular weight is 461 g/mol. The van der Waals surface area contributed by atoms with Crippen molar-refractivity contribution in [2.75, 3.05) is 6.61 Å². The van der Waals surface area contributed by atoms with Crippen LogP contribution in [-0.2, 0) is 14.3 Å². The third-order valence-electron chi connectivity index (χ3n) is 6.64.